The van der Waals surface area contributed by atoms with Gasteiger partial charge in [-0.3, -0.25) is 13.9 Å². The van der Waals surface area contributed by atoms with Crippen LogP contribution < -0.4 is 19.3 Å². The van der Waals surface area contributed by atoms with Crippen LogP contribution in [0.25, 0.3) is 0 Å². The Balaban J connectivity index is 1.31. The summed E-state index contributed by atoms with van der Waals surface area (Å²) in [5.74, 6) is -1.89. The number of rotatable bonds is 7. The van der Waals surface area contributed by atoms with E-state index in [1.165, 1.54) is 21.3 Å². The lowest BCUT2D eigenvalue weighted by atomic mass is 10.0. The number of fused-ring (bicyclic) bond motifs is 1. The van der Waals surface area contributed by atoms with Crippen molar-refractivity contribution in [2.45, 2.75) is 30.9 Å². The average molecular weight is 574 g/mol. The summed E-state index contributed by atoms with van der Waals surface area (Å²) in [6.45, 7) is 0.0556. The Bertz CT molecular complexity index is 1550. The van der Waals surface area contributed by atoms with Crippen molar-refractivity contribution in [2.75, 3.05) is 22.9 Å². The predicted molar refractivity (Wildman–Crippen MR) is 143 cm³/mol. The molecule has 1 saturated heterocycles. The summed E-state index contributed by atoms with van der Waals surface area (Å²) < 4.78 is 46.0. The van der Waals surface area contributed by atoms with Gasteiger partial charge >= 0.3 is 0 Å². The molecule has 3 aromatic rings. The molecule has 3 aromatic carbocycles. The van der Waals surface area contributed by atoms with Gasteiger partial charge in [0.25, 0.3) is 11.8 Å². The first kappa shape index (κ1) is 26.9. The van der Waals surface area contributed by atoms with E-state index in [1.54, 1.807) is 49.6 Å². The molecule has 1 atom stereocenters. The fraction of sp³-hybridized carbons (Fsp3) is 0.259. The van der Waals surface area contributed by atoms with Gasteiger partial charge in [0.05, 0.1) is 25.1 Å². The number of ether oxygens (including phenoxy) is 1. The van der Waals surface area contributed by atoms with E-state index in [4.69, 9.17) is 16.3 Å². The highest BCUT2D eigenvalue weighted by molar-refractivity contribution is 7.92. The van der Waals surface area contributed by atoms with Crippen LogP contribution in [0.1, 0.15) is 23.1 Å². The van der Waals surface area contributed by atoms with Gasteiger partial charge in [0.2, 0.25) is 15.6 Å². The Morgan fingerprint density at radius 1 is 1.13 bits per heavy atom. The second-order valence-electron chi connectivity index (χ2n) is 9.45. The van der Waals surface area contributed by atoms with E-state index in [1.807, 2.05) is 0 Å². The molecule has 2 aliphatic heterocycles. The third-order valence-corrected chi connectivity index (χ3v) is 8.74. The normalized spacial score (nSPS) is 19.7. The maximum absolute atomic E-state index is 13.6. The van der Waals surface area contributed by atoms with Crippen LogP contribution in [0.2, 0.25) is 5.02 Å². The summed E-state index contributed by atoms with van der Waals surface area (Å²) >= 11 is 5.84. The topological polar surface area (TPSA) is 116 Å². The van der Waals surface area contributed by atoms with Crippen molar-refractivity contribution < 1.29 is 32.2 Å². The number of halogens is 2. The van der Waals surface area contributed by atoms with Crippen molar-refractivity contribution in [3.63, 3.8) is 0 Å². The second kappa shape index (κ2) is 10.1. The monoisotopic (exact) mass is 573 g/mol. The molecular weight excluding hydrogens is 549 g/mol. The number of amides is 2. The van der Waals surface area contributed by atoms with Crippen molar-refractivity contribution in [3.05, 3.63) is 88.2 Å². The van der Waals surface area contributed by atoms with Crippen molar-refractivity contribution in [2.24, 2.45) is 0 Å². The molecule has 1 unspecified atom stereocenters. The Morgan fingerprint density at radius 2 is 1.87 bits per heavy atom. The molecule has 0 saturated carbocycles. The van der Waals surface area contributed by atoms with E-state index in [9.17, 15) is 27.5 Å². The quantitative estimate of drug-likeness (QED) is 0.420. The lowest BCUT2D eigenvalue weighted by Crippen LogP contribution is -2.52. The van der Waals surface area contributed by atoms with Crippen LogP contribution in [0.4, 0.5) is 15.8 Å². The Hall–Kier alpha value is -3.67. The van der Waals surface area contributed by atoms with Crippen LogP contribution in [-0.4, -0.2) is 44.6 Å². The van der Waals surface area contributed by atoms with Crippen LogP contribution in [0.5, 0.6) is 5.75 Å². The molecule has 1 fully saturated rings. The maximum Gasteiger partial charge on any atom is 0.268 e. The fourth-order valence-electron chi connectivity index (χ4n) is 4.81. The lowest BCUT2D eigenvalue weighted by Gasteiger charge is -2.23. The maximum atomic E-state index is 13.6. The van der Waals surface area contributed by atoms with Crippen LogP contribution in [0.3, 0.4) is 0 Å². The SMILES string of the molecule is COc1ccc(CN2c3ccc(N4CCC(O)(C(=O)NCc5cc(F)cc(Cl)c5)C4=O)cc3CS2(=O)=O)cc1. The predicted octanol–water partition coefficient (Wildman–Crippen LogP) is 3.12. The second-order valence-corrected chi connectivity index (χ2v) is 11.8. The van der Waals surface area contributed by atoms with Gasteiger partial charge in [0.15, 0.2) is 0 Å². The van der Waals surface area contributed by atoms with Gasteiger partial charge in [-0.2, -0.15) is 0 Å². The molecular formula is C27H25ClFN3O6S. The molecule has 0 bridgehead atoms. The van der Waals surface area contributed by atoms with Crippen LogP contribution in [-0.2, 0) is 38.5 Å². The molecule has 5 rings (SSSR count). The van der Waals surface area contributed by atoms with E-state index in [2.05, 4.69) is 5.32 Å². The number of carbonyl (C=O) groups is 2. The number of nitrogens with zero attached hydrogens (tertiary/aromatic N) is 2. The van der Waals surface area contributed by atoms with Crippen LogP contribution in [0, 0.1) is 5.82 Å². The number of carbonyl (C=O) groups excluding carboxylic acids is 2. The third kappa shape index (κ3) is 5.17. The summed E-state index contributed by atoms with van der Waals surface area (Å²) in [7, 11) is -2.09. The molecule has 2 amide bonds. The molecule has 2 aliphatic rings. The van der Waals surface area contributed by atoms with Crippen LogP contribution >= 0.6 is 11.6 Å². The first-order valence-electron chi connectivity index (χ1n) is 12.0. The minimum Gasteiger partial charge on any atom is -0.497 e. The van der Waals surface area contributed by atoms with Gasteiger partial charge < -0.3 is 20.1 Å². The van der Waals surface area contributed by atoms with Crippen molar-refractivity contribution >= 4 is 44.8 Å². The van der Waals surface area contributed by atoms with Gasteiger partial charge in [-0.1, -0.05) is 23.7 Å². The van der Waals surface area contributed by atoms with Gasteiger partial charge in [0, 0.05) is 30.2 Å². The molecule has 9 nitrogen and oxygen atoms in total. The number of methoxy groups -OCH3 is 1. The highest BCUT2D eigenvalue weighted by Gasteiger charge is 2.52. The molecule has 0 radical (unpaired) electrons. The Morgan fingerprint density at radius 3 is 2.56 bits per heavy atom. The van der Waals surface area contributed by atoms with E-state index in [0.717, 1.165) is 11.6 Å². The van der Waals surface area contributed by atoms with E-state index in [0.29, 0.717) is 28.3 Å². The first-order chi connectivity index (χ1) is 18.5. The highest BCUT2D eigenvalue weighted by Crippen LogP contribution is 2.39. The van der Waals surface area contributed by atoms with Crippen molar-refractivity contribution in [3.8, 4) is 5.75 Å². The zero-order valence-electron chi connectivity index (χ0n) is 20.9. The molecule has 0 spiro atoms. The summed E-state index contributed by atoms with van der Waals surface area (Å²) in [6.07, 6.45) is -0.166. The van der Waals surface area contributed by atoms with E-state index >= 15 is 0 Å². The standard InChI is InChI=1S/C27H25ClFN3O6S/c1-38-23-5-2-17(3-6-23)15-32-24-7-4-22(12-19(24)16-39(32,36)37)31-9-8-27(35,26(31)34)25(33)30-14-18-10-20(28)13-21(29)11-18/h2-7,10-13,35H,8-9,14-16H2,1H3,(H,30,33). The fourth-order valence-corrected chi connectivity index (χ4v) is 6.66. The zero-order chi connectivity index (χ0) is 27.9. The average Bonchev–Trinajstić information content (AvgIpc) is 3.34. The molecule has 0 aliphatic carbocycles. The zero-order valence-corrected chi connectivity index (χ0v) is 22.4. The summed E-state index contributed by atoms with van der Waals surface area (Å²) in [4.78, 5) is 27.2. The highest BCUT2D eigenvalue weighted by atomic mass is 35.5. The number of aliphatic hydroxyl groups is 1. The number of hydrogen-bond donors (Lipinski definition) is 2. The molecule has 2 N–H and O–H groups in total. The van der Waals surface area contributed by atoms with Gasteiger partial charge in [0.1, 0.15) is 11.6 Å². The number of anilines is 2. The number of nitrogens with one attached hydrogen (secondary N) is 1. The summed E-state index contributed by atoms with van der Waals surface area (Å²) in [5.41, 5.74) is 0.226. The largest absolute Gasteiger partial charge is 0.497 e. The van der Waals surface area contributed by atoms with Gasteiger partial charge in [-0.15, -0.1) is 0 Å². The number of benzene rings is 3. The molecule has 39 heavy (non-hydrogen) atoms. The Kier molecular flexibility index (Phi) is 7.00. The van der Waals surface area contributed by atoms with Gasteiger partial charge in [-0.05, 0) is 65.2 Å². The number of sulfonamides is 1. The molecule has 2 heterocycles. The molecule has 0 aromatic heterocycles. The van der Waals surface area contributed by atoms with E-state index in [-0.39, 0.29) is 36.8 Å². The minimum absolute atomic E-state index is 0.0512. The summed E-state index contributed by atoms with van der Waals surface area (Å²) in [6, 6.07) is 15.7. The molecule has 12 heteroatoms. The van der Waals surface area contributed by atoms with Crippen LogP contribution in [0.15, 0.2) is 60.7 Å². The lowest BCUT2D eigenvalue weighted by molar-refractivity contribution is -0.149. The van der Waals surface area contributed by atoms with Crippen molar-refractivity contribution in [1.82, 2.24) is 5.32 Å². The third-order valence-electron chi connectivity index (χ3n) is 6.85. The summed E-state index contributed by atoms with van der Waals surface area (Å²) in [5, 5.41) is 13.6. The van der Waals surface area contributed by atoms with Gasteiger partial charge in [-0.25, -0.2) is 12.8 Å². The smallest absolute Gasteiger partial charge is 0.268 e. The molecule has 204 valence electrons. The Labute approximate surface area is 229 Å². The number of hydrogen-bond acceptors (Lipinski definition) is 6. The first-order valence-corrected chi connectivity index (χ1v) is 14.0. The van der Waals surface area contributed by atoms with E-state index < -0.39 is 33.3 Å². The minimum atomic E-state index is -3.64. The van der Waals surface area contributed by atoms with Crippen molar-refractivity contribution in [1.29, 1.82) is 0 Å².